The third kappa shape index (κ3) is 3.72. The van der Waals surface area contributed by atoms with Crippen LogP contribution in [0, 0.1) is 0 Å². The molecule has 0 amide bonds. The average molecular weight is 253 g/mol. The Labute approximate surface area is 106 Å². The monoisotopic (exact) mass is 253 g/mol. The highest BCUT2D eigenvalue weighted by atomic mass is 16.3. The van der Waals surface area contributed by atoms with Gasteiger partial charge in [0.25, 0.3) is 0 Å². The van der Waals surface area contributed by atoms with Gasteiger partial charge < -0.3 is 15.3 Å². The summed E-state index contributed by atoms with van der Waals surface area (Å²) in [6, 6.07) is 4.02. The van der Waals surface area contributed by atoms with Crippen LogP contribution in [0.5, 0.6) is 11.5 Å². The molecule has 1 aromatic rings. The minimum atomic E-state index is -0.241. The number of benzene rings is 1. The predicted molar refractivity (Wildman–Crippen MR) is 67.9 cm³/mol. The summed E-state index contributed by atoms with van der Waals surface area (Å²) in [6.07, 6.45) is 0. The molecule has 5 heteroatoms. The Morgan fingerprint density at radius 2 is 2.00 bits per heavy atom. The molecule has 0 fully saturated rings. The van der Waals surface area contributed by atoms with Crippen LogP contribution in [-0.4, -0.2) is 51.7 Å². The smallest absolute Gasteiger partial charge is 0.180 e. The summed E-state index contributed by atoms with van der Waals surface area (Å²) in [5.41, 5.74) is 0.177. The molecule has 0 heterocycles. The third-order valence-electron chi connectivity index (χ3n) is 2.75. The first kappa shape index (κ1) is 14.5. The number of rotatable bonds is 6. The van der Waals surface area contributed by atoms with Crippen LogP contribution in [-0.2, 0) is 0 Å². The Bertz CT molecular complexity index is 417. The maximum absolute atomic E-state index is 12.0. The largest absolute Gasteiger partial charge is 0.508 e. The molecular weight excluding hydrogens is 234 g/mol. The molecule has 18 heavy (non-hydrogen) atoms. The minimum absolute atomic E-state index is 0.0208. The fourth-order valence-corrected chi connectivity index (χ4v) is 1.67. The van der Waals surface area contributed by atoms with Gasteiger partial charge in [-0.25, -0.2) is 0 Å². The topological polar surface area (TPSA) is 81.0 Å². The Hall–Kier alpha value is -1.59. The highest BCUT2D eigenvalue weighted by molar-refractivity contribution is 6.00. The van der Waals surface area contributed by atoms with E-state index in [1.54, 1.807) is 0 Å². The van der Waals surface area contributed by atoms with E-state index in [1.807, 2.05) is 18.7 Å². The van der Waals surface area contributed by atoms with E-state index in [2.05, 4.69) is 0 Å². The predicted octanol–water partition coefficient (Wildman–Crippen LogP) is 0.983. The lowest BCUT2D eigenvalue weighted by molar-refractivity contribution is 0.0879. The van der Waals surface area contributed by atoms with Crippen LogP contribution in [0.1, 0.15) is 24.2 Å². The summed E-state index contributed by atoms with van der Waals surface area (Å²) in [5.74, 6) is -0.553. The molecule has 0 radical (unpaired) electrons. The molecule has 0 saturated carbocycles. The molecule has 0 aliphatic carbocycles. The number of nitrogens with zero attached hydrogens (tertiary/aromatic N) is 1. The summed E-state index contributed by atoms with van der Waals surface area (Å²) in [7, 11) is 0. The number of hydrogen-bond acceptors (Lipinski definition) is 5. The van der Waals surface area contributed by atoms with E-state index in [1.165, 1.54) is 12.1 Å². The standard InChI is InChI=1S/C13H19NO4/c1-9(2)14(5-6-15)8-13(18)11-4-3-10(16)7-12(11)17/h3-4,7,9,15-17H,5-6,8H2,1-2H3. The van der Waals surface area contributed by atoms with Gasteiger partial charge in [0.15, 0.2) is 5.78 Å². The fourth-order valence-electron chi connectivity index (χ4n) is 1.67. The molecule has 1 aromatic carbocycles. The number of hydrogen-bond donors (Lipinski definition) is 3. The SMILES string of the molecule is CC(C)N(CCO)CC(=O)c1ccc(O)cc1O. The van der Waals surface area contributed by atoms with Gasteiger partial charge in [0, 0.05) is 18.7 Å². The van der Waals surface area contributed by atoms with Crippen molar-refractivity contribution in [2.45, 2.75) is 19.9 Å². The normalized spacial score (nSPS) is 11.2. The van der Waals surface area contributed by atoms with Gasteiger partial charge in [-0.2, -0.15) is 0 Å². The second-order valence-electron chi connectivity index (χ2n) is 4.41. The third-order valence-corrected chi connectivity index (χ3v) is 2.75. The van der Waals surface area contributed by atoms with Crippen molar-refractivity contribution >= 4 is 5.78 Å². The van der Waals surface area contributed by atoms with E-state index < -0.39 is 0 Å². The number of phenols is 2. The lowest BCUT2D eigenvalue weighted by Crippen LogP contribution is -2.37. The van der Waals surface area contributed by atoms with Crippen LogP contribution in [0.4, 0.5) is 0 Å². The second-order valence-corrected chi connectivity index (χ2v) is 4.41. The van der Waals surface area contributed by atoms with Crippen LogP contribution in [0.25, 0.3) is 0 Å². The Morgan fingerprint density at radius 3 is 2.50 bits per heavy atom. The zero-order valence-electron chi connectivity index (χ0n) is 10.6. The highest BCUT2D eigenvalue weighted by Crippen LogP contribution is 2.23. The quantitative estimate of drug-likeness (QED) is 0.658. The Morgan fingerprint density at radius 1 is 1.33 bits per heavy atom. The Kier molecular flexibility index (Phi) is 5.12. The molecule has 0 aliphatic rings. The van der Waals surface area contributed by atoms with Gasteiger partial charge in [-0.05, 0) is 26.0 Å². The van der Waals surface area contributed by atoms with E-state index in [0.29, 0.717) is 6.54 Å². The molecule has 0 aromatic heterocycles. The molecule has 100 valence electrons. The van der Waals surface area contributed by atoms with Gasteiger partial charge in [-0.3, -0.25) is 9.69 Å². The van der Waals surface area contributed by atoms with Gasteiger partial charge >= 0.3 is 0 Å². The maximum Gasteiger partial charge on any atom is 0.180 e. The molecule has 0 atom stereocenters. The van der Waals surface area contributed by atoms with E-state index >= 15 is 0 Å². The number of aliphatic hydroxyl groups excluding tert-OH is 1. The van der Waals surface area contributed by atoms with E-state index in [4.69, 9.17) is 10.2 Å². The second kappa shape index (κ2) is 6.37. The molecule has 0 spiro atoms. The molecule has 1 rings (SSSR count). The van der Waals surface area contributed by atoms with E-state index in [9.17, 15) is 9.90 Å². The van der Waals surface area contributed by atoms with Gasteiger partial charge in [0.05, 0.1) is 18.7 Å². The number of phenolic OH excluding ortho intramolecular Hbond substituents is 2. The number of Topliss-reactive ketones (excluding diaryl/α,β-unsaturated/α-hetero) is 1. The van der Waals surface area contributed by atoms with Gasteiger partial charge in [0.1, 0.15) is 11.5 Å². The van der Waals surface area contributed by atoms with Crippen LogP contribution in [0.15, 0.2) is 18.2 Å². The van der Waals surface area contributed by atoms with Crippen molar-refractivity contribution < 1.29 is 20.1 Å². The van der Waals surface area contributed by atoms with Crippen LogP contribution >= 0.6 is 0 Å². The average Bonchev–Trinajstić information content (AvgIpc) is 2.27. The lowest BCUT2D eigenvalue weighted by atomic mass is 10.1. The molecule has 5 nitrogen and oxygen atoms in total. The molecule has 3 N–H and O–H groups in total. The molecule has 0 saturated heterocycles. The van der Waals surface area contributed by atoms with Gasteiger partial charge in [-0.1, -0.05) is 0 Å². The van der Waals surface area contributed by atoms with Crippen LogP contribution in [0.2, 0.25) is 0 Å². The summed E-state index contributed by atoms with van der Waals surface area (Å²) in [6.45, 7) is 4.37. The van der Waals surface area contributed by atoms with Crippen molar-refractivity contribution in [1.29, 1.82) is 0 Å². The fraction of sp³-hybridized carbons (Fsp3) is 0.462. The molecule has 0 unspecified atom stereocenters. The van der Waals surface area contributed by atoms with Crippen molar-refractivity contribution in [3.05, 3.63) is 23.8 Å². The maximum atomic E-state index is 12.0. The summed E-state index contributed by atoms with van der Waals surface area (Å²) in [4.78, 5) is 13.8. The van der Waals surface area contributed by atoms with E-state index in [0.717, 1.165) is 6.07 Å². The first-order valence-corrected chi connectivity index (χ1v) is 5.85. The summed E-state index contributed by atoms with van der Waals surface area (Å²) in [5, 5.41) is 27.7. The Balaban J connectivity index is 2.80. The van der Waals surface area contributed by atoms with Crippen molar-refractivity contribution in [2.24, 2.45) is 0 Å². The first-order valence-electron chi connectivity index (χ1n) is 5.85. The highest BCUT2D eigenvalue weighted by Gasteiger charge is 2.17. The van der Waals surface area contributed by atoms with Crippen LogP contribution < -0.4 is 0 Å². The number of ketones is 1. The number of carbonyl (C=O) groups is 1. The van der Waals surface area contributed by atoms with E-state index in [-0.39, 0.29) is 42.0 Å². The first-order chi connectivity index (χ1) is 8.45. The van der Waals surface area contributed by atoms with Crippen LogP contribution in [0.3, 0.4) is 0 Å². The zero-order valence-corrected chi connectivity index (χ0v) is 10.6. The number of carbonyl (C=O) groups excluding carboxylic acids is 1. The van der Waals surface area contributed by atoms with Crippen molar-refractivity contribution in [2.75, 3.05) is 19.7 Å². The molecule has 0 bridgehead atoms. The lowest BCUT2D eigenvalue weighted by Gasteiger charge is -2.24. The van der Waals surface area contributed by atoms with Crippen molar-refractivity contribution in [3.63, 3.8) is 0 Å². The number of aliphatic hydroxyl groups is 1. The number of aromatic hydroxyl groups is 2. The molecular formula is C13H19NO4. The zero-order chi connectivity index (χ0) is 13.7. The minimum Gasteiger partial charge on any atom is -0.508 e. The summed E-state index contributed by atoms with van der Waals surface area (Å²) < 4.78 is 0. The van der Waals surface area contributed by atoms with Crippen molar-refractivity contribution in [3.8, 4) is 11.5 Å². The van der Waals surface area contributed by atoms with Gasteiger partial charge in [0.2, 0.25) is 0 Å². The van der Waals surface area contributed by atoms with Crippen molar-refractivity contribution in [1.82, 2.24) is 4.90 Å². The summed E-state index contributed by atoms with van der Waals surface area (Å²) >= 11 is 0. The van der Waals surface area contributed by atoms with Gasteiger partial charge in [-0.15, -0.1) is 0 Å². The molecule has 0 aliphatic heterocycles.